The van der Waals surface area contributed by atoms with Gasteiger partial charge in [0.05, 0.1) is 11.9 Å². The lowest BCUT2D eigenvalue weighted by Gasteiger charge is -2.39. The monoisotopic (exact) mass is 243 g/mol. The molecule has 0 radical (unpaired) electrons. The van der Waals surface area contributed by atoms with Crippen LogP contribution in [0.2, 0.25) is 0 Å². The van der Waals surface area contributed by atoms with Gasteiger partial charge in [0.2, 0.25) is 0 Å². The molecule has 1 fully saturated rings. The molecule has 0 spiro atoms. The smallest absolute Gasteiger partial charge is 0.140 e. The van der Waals surface area contributed by atoms with Gasteiger partial charge < -0.3 is 4.90 Å². The first-order valence-electron chi connectivity index (χ1n) is 6.61. The number of hydrogen-bond acceptors (Lipinski definition) is 3. The average molecular weight is 243 g/mol. The summed E-state index contributed by atoms with van der Waals surface area (Å²) in [7, 11) is 2.13. The lowest BCUT2D eigenvalue weighted by molar-refractivity contribution is 0.222. The Morgan fingerprint density at radius 1 is 1.33 bits per heavy atom. The molecule has 0 aliphatic heterocycles. The lowest BCUT2D eigenvalue weighted by Crippen LogP contribution is -2.37. The molecule has 1 aliphatic carbocycles. The number of pyridine rings is 1. The molecule has 0 amide bonds. The number of nitriles is 1. The Labute approximate surface area is 109 Å². The van der Waals surface area contributed by atoms with Crippen molar-refractivity contribution in [3.63, 3.8) is 0 Å². The summed E-state index contributed by atoms with van der Waals surface area (Å²) in [6, 6.07) is 6.44. The van der Waals surface area contributed by atoms with E-state index >= 15 is 0 Å². The van der Waals surface area contributed by atoms with Gasteiger partial charge in [0, 0.05) is 13.1 Å². The molecule has 0 aromatic carbocycles. The van der Waals surface area contributed by atoms with Crippen LogP contribution in [0.15, 0.2) is 18.3 Å². The van der Waals surface area contributed by atoms with E-state index in [1.54, 1.807) is 12.3 Å². The van der Waals surface area contributed by atoms with Crippen LogP contribution in [0.3, 0.4) is 0 Å². The zero-order valence-corrected chi connectivity index (χ0v) is 11.5. The van der Waals surface area contributed by atoms with E-state index < -0.39 is 0 Å². The molecule has 0 N–H and O–H groups in total. The van der Waals surface area contributed by atoms with Gasteiger partial charge >= 0.3 is 0 Å². The third-order valence-corrected chi connectivity index (χ3v) is 4.13. The van der Waals surface area contributed by atoms with Gasteiger partial charge in [-0.05, 0) is 43.2 Å². The van der Waals surface area contributed by atoms with E-state index in [1.165, 1.54) is 25.7 Å². The summed E-state index contributed by atoms with van der Waals surface area (Å²) < 4.78 is 0. The van der Waals surface area contributed by atoms with Gasteiger partial charge in [-0.1, -0.05) is 13.8 Å². The topological polar surface area (TPSA) is 39.9 Å². The SMILES string of the molecule is CN(c1ccc(C#N)nc1)C1CCC(C)(C)CC1. The Morgan fingerprint density at radius 2 is 2.00 bits per heavy atom. The number of rotatable bonds is 2. The van der Waals surface area contributed by atoms with E-state index in [0.717, 1.165) is 5.69 Å². The fourth-order valence-corrected chi connectivity index (χ4v) is 2.64. The van der Waals surface area contributed by atoms with E-state index in [2.05, 4.69) is 36.8 Å². The number of nitrogens with zero attached hydrogens (tertiary/aromatic N) is 3. The molecule has 0 atom stereocenters. The van der Waals surface area contributed by atoms with Crippen LogP contribution in [0, 0.1) is 16.7 Å². The van der Waals surface area contributed by atoms with Crippen LogP contribution in [-0.4, -0.2) is 18.1 Å². The minimum Gasteiger partial charge on any atom is -0.370 e. The van der Waals surface area contributed by atoms with Gasteiger partial charge in [-0.2, -0.15) is 5.26 Å². The standard InChI is InChI=1S/C15H21N3/c1-15(2)8-6-13(7-9-15)18(3)14-5-4-12(10-16)17-11-14/h4-5,11,13H,6-9H2,1-3H3. The average Bonchev–Trinajstić information content (AvgIpc) is 2.38. The van der Waals surface area contributed by atoms with Crippen molar-refractivity contribution in [3.05, 3.63) is 24.0 Å². The van der Waals surface area contributed by atoms with E-state index in [4.69, 9.17) is 5.26 Å². The maximum absolute atomic E-state index is 8.75. The Hall–Kier alpha value is -1.56. The first kappa shape index (κ1) is 12.9. The van der Waals surface area contributed by atoms with Crippen molar-refractivity contribution < 1.29 is 0 Å². The zero-order chi connectivity index (χ0) is 13.2. The highest BCUT2D eigenvalue weighted by Crippen LogP contribution is 2.37. The van der Waals surface area contributed by atoms with Crippen molar-refractivity contribution in [2.45, 2.75) is 45.6 Å². The normalized spacial score (nSPS) is 19.2. The quantitative estimate of drug-likeness (QED) is 0.799. The number of hydrogen-bond donors (Lipinski definition) is 0. The fraction of sp³-hybridized carbons (Fsp3) is 0.600. The highest BCUT2D eigenvalue weighted by molar-refractivity contribution is 5.46. The molecule has 1 aliphatic rings. The predicted molar refractivity (Wildman–Crippen MR) is 73.4 cm³/mol. The third kappa shape index (κ3) is 2.81. The van der Waals surface area contributed by atoms with Crippen LogP contribution in [0.1, 0.15) is 45.2 Å². The first-order chi connectivity index (χ1) is 8.52. The molecule has 3 nitrogen and oxygen atoms in total. The van der Waals surface area contributed by atoms with Crippen molar-refractivity contribution in [3.8, 4) is 6.07 Å². The van der Waals surface area contributed by atoms with Gasteiger partial charge in [-0.3, -0.25) is 0 Å². The summed E-state index contributed by atoms with van der Waals surface area (Å²) in [6.45, 7) is 4.71. The minimum atomic E-state index is 0.483. The summed E-state index contributed by atoms with van der Waals surface area (Å²) >= 11 is 0. The van der Waals surface area contributed by atoms with E-state index in [0.29, 0.717) is 17.2 Å². The Balaban J connectivity index is 2.03. The summed E-state index contributed by atoms with van der Waals surface area (Å²) in [5.41, 5.74) is 2.09. The van der Waals surface area contributed by atoms with E-state index in [9.17, 15) is 0 Å². The van der Waals surface area contributed by atoms with Crippen molar-refractivity contribution in [1.29, 1.82) is 5.26 Å². The van der Waals surface area contributed by atoms with Crippen molar-refractivity contribution in [1.82, 2.24) is 4.98 Å². The molecule has 96 valence electrons. The molecule has 3 heteroatoms. The molecule has 1 heterocycles. The fourth-order valence-electron chi connectivity index (χ4n) is 2.64. The van der Waals surface area contributed by atoms with E-state index in [1.807, 2.05) is 6.07 Å². The molecule has 2 rings (SSSR count). The second-order valence-electron chi connectivity index (χ2n) is 6.02. The number of aromatic nitrogens is 1. The van der Waals surface area contributed by atoms with Gasteiger partial charge in [0.25, 0.3) is 0 Å². The van der Waals surface area contributed by atoms with Crippen LogP contribution in [0.4, 0.5) is 5.69 Å². The minimum absolute atomic E-state index is 0.483. The Bertz CT molecular complexity index is 432. The van der Waals surface area contributed by atoms with E-state index in [-0.39, 0.29) is 0 Å². The van der Waals surface area contributed by atoms with Crippen molar-refractivity contribution in [2.75, 3.05) is 11.9 Å². The van der Waals surface area contributed by atoms with Crippen LogP contribution in [-0.2, 0) is 0 Å². The van der Waals surface area contributed by atoms with Gasteiger partial charge in [0.15, 0.2) is 0 Å². The summed E-state index contributed by atoms with van der Waals surface area (Å²) in [6.07, 6.45) is 6.85. The molecule has 1 aromatic rings. The maximum atomic E-state index is 8.75. The van der Waals surface area contributed by atoms with Crippen LogP contribution in [0.5, 0.6) is 0 Å². The zero-order valence-electron chi connectivity index (χ0n) is 11.5. The van der Waals surface area contributed by atoms with Gasteiger partial charge in [-0.15, -0.1) is 0 Å². The Kier molecular flexibility index (Phi) is 3.56. The molecule has 0 bridgehead atoms. The second kappa shape index (κ2) is 4.97. The van der Waals surface area contributed by atoms with Crippen molar-refractivity contribution in [2.24, 2.45) is 5.41 Å². The molecular formula is C15H21N3. The van der Waals surface area contributed by atoms with Gasteiger partial charge in [-0.25, -0.2) is 4.98 Å². The largest absolute Gasteiger partial charge is 0.370 e. The Morgan fingerprint density at radius 3 is 2.50 bits per heavy atom. The summed E-state index contributed by atoms with van der Waals surface area (Å²) in [5.74, 6) is 0. The molecule has 0 saturated heterocycles. The summed E-state index contributed by atoms with van der Waals surface area (Å²) in [5, 5.41) is 8.75. The third-order valence-electron chi connectivity index (χ3n) is 4.13. The van der Waals surface area contributed by atoms with Gasteiger partial charge in [0.1, 0.15) is 11.8 Å². The lowest BCUT2D eigenvalue weighted by atomic mass is 9.75. The maximum Gasteiger partial charge on any atom is 0.140 e. The van der Waals surface area contributed by atoms with Crippen LogP contribution < -0.4 is 4.90 Å². The molecule has 1 aromatic heterocycles. The van der Waals surface area contributed by atoms with Crippen molar-refractivity contribution >= 4 is 5.69 Å². The predicted octanol–water partition coefficient (Wildman–Crippen LogP) is 3.36. The number of anilines is 1. The highest BCUT2D eigenvalue weighted by Gasteiger charge is 2.28. The second-order valence-corrected chi connectivity index (χ2v) is 6.02. The highest BCUT2D eigenvalue weighted by atomic mass is 15.1. The molecule has 0 unspecified atom stereocenters. The van der Waals surface area contributed by atoms with Crippen LogP contribution in [0.25, 0.3) is 0 Å². The molecule has 18 heavy (non-hydrogen) atoms. The first-order valence-corrected chi connectivity index (χ1v) is 6.61. The molecular weight excluding hydrogens is 222 g/mol. The molecule has 1 saturated carbocycles. The summed E-state index contributed by atoms with van der Waals surface area (Å²) in [4.78, 5) is 6.45. The van der Waals surface area contributed by atoms with Crippen LogP contribution >= 0.6 is 0 Å².